The van der Waals surface area contributed by atoms with E-state index in [1.165, 1.54) is 0 Å². The lowest BCUT2D eigenvalue weighted by Gasteiger charge is -2.09. The van der Waals surface area contributed by atoms with Crippen molar-refractivity contribution in [1.82, 2.24) is 10.9 Å². The van der Waals surface area contributed by atoms with Crippen molar-refractivity contribution in [2.75, 3.05) is 19.8 Å². The quantitative estimate of drug-likeness (QED) is 0.225. The average molecular weight is 336 g/mol. The largest absolute Gasteiger partial charge is 0.484 e. The van der Waals surface area contributed by atoms with Crippen molar-refractivity contribution in [3.8, 4) is 5.75 Å². The number of hydrogen-bond donors (Lipinski definition) is 2. The predicted octanol–water partition coefficient (Wildman–Crippen LogP) is 0.696. The van der Waals surface area contributed by atoms with Gasteiger partial charge in [0.1, 0.15) is 5.75 Å². The van der Waals surface area contributed by atoms with E-state index in [-0.39, 0.29) is 25.4 Å². The van der Waals surface area contributed by atoms with Crippen LogP contribution in [-0.2, 0) is 23.9 Å². The maximum atomic E-state index is 11.7. The first kappa shape index (κ1) is 19.0. The van der Waals surface area contributed by atoms with E-state index in [1.807, 2.05) is 6.07 Å². The van der Waals surface area contributed by atoms with E-state index in [9.17, 15) is 14.4 Å². The molecule has 0 saturated carbocycles. The molecule has 0 saturated heterocycles. The molecule has 1 aromatic rings. The van der Waals surface area contributed by atoms with Crippen LogP contribution in [0.15, 0.2) is 42.1 Å². The summed E-state index contributed by atoms with van der Waals surface area (Å²) >= 11 is 0. The minimum atomic E-state index is -0.849. The maximum Gasteiger partial charge on any atom is 0.347 e. The number of ether oxygens (including phenoxy) is 3. The summed E-state index contributed by atoms with van der Waals surface area (Å²) in [6.45, 7) is 3.19. The number of hydrazine groups is 1. The second-order valence-corrected chi connectivity index (χ2v) is 4.29. The van der Waals surface area contributed by atoms with Crippen LogP contribution < -0.4 is 15.6 Å². The summed E-state index contributed by atoms with van der Waals surface area (Å²) in [7, 11) is 0. The van der Waals surface area contributed by atoms with Crippen molar-refractivity contribution in [2.24, 2.45) is 0 Å². The van der Waals surface area contributed by atoms with Crippen molar-refractivity contribution < 1.29 is 28.6 Å². The van der Waals surface area contributed by atoms with Gasteiger partial charge in [0.15, 0.2) is 12.2 Å². The van der Waals surface area contributed by atoms with Crippen LogP contribution in [0.1, 0.15) is 13.8 Å². The molecule has 1 aromatic carbocycles. The first-order valence-corrected chi connectivity index (χ1v) is 7.35. The van der Waals surface area contributed by atoms with E-state index >= 15 is 0 Å². The molecule has 0 aliphatic heterocycles. The lowest BCUT2D eigenvalue weighted by Crippen LogP contribution is -2.38. The molecule has 0 aliphatic rings. The van der Waals surface area contributed by atoms with Crippen LogP contribution in [0.4, 0.5) is 0 Å². The third-order valence-electron chi connectivity index (χ3n) is 2.53. The first-order valence-electron chi connectivity index (χ1n) is 7.35. The minimum Gasteiger partial charge on any atom is -0.484 e. The van der Waals surface area contributed by atoms with E-state index in [0.29, 0.717) is 5.75 Å². The molecular weight excluding hydrogens is 316 g/mol. The molecular formula is C16H20N2O6. The Kier molecular flexibility index (Phi) is 8.44. The fourth-order valence-corrected chi connectivity index (χ4v) is 1.51. The molecule has 130 valence electrons. The van der Waals surface area contributed by atoms with E-state index in [0.717, 1.165) is 6.20 Å². The molecule has 0 spiro atoms. The smallest absolute Gasteiger partial charge is 0.347 e. The van der Waals surface area contributed by atoms with Crippen molar-refractivity contribution >= 4 is 17.8 Å². The summed E-state index contributed by atoms with van der Waals surface area (Å²) in [6, 6.07) is 8.80. The van der Waals surface area contributed by atoms with E-state index < -0.39 is 17.8 Å². The monoisotopic (exact) mass is 336 g/mol. The number of esters is 2. The zero-order valence-corrected chi connectivity index (χ0v) is 13.5. The molecule has 24 heavy (non-hydrogen) atoms. The zero-order valence-electron chi connectivity index (χ0n) is 13.5. The summed E-state index contributed by atoms with van der Waals surface area (Å²) < 4.78 is 14.7. The Morgan fingerprint density at radius 1 is 1.00 bits per heavy atom. The molecule has 8 heteroatoms. The van der Waals surface area contributed by atoms with Gasteiger partial charge in [-0.2, -0.15) is 0 Å². The standard InChI is InChI=1S/C16H20N2O6/c1-3-22-15(20)13(16(21)23-4-2)10-17-18-14(19)11-24-12-8-6-5-7-9-12/h5-10,17H,3-4,11H2,1-2H3,(H,18,19). The molecule has 0 bridgehead atoms. The Morgan fingerprint density at radius 2 is 1.58 bits per heavy atom. The Labute approximate surface area is 139 Å². The Balaban J connectivity index is 2.51. The molecule has 1 rings (SSSR count). The van der Waals surface area contributed by atoms with Gasteiger partial charge in [0.25, 0.3) is 5.91 Å². The normalized spacial score (nSPS) is 9.42. The second-order valence-electron chi connectivity index (χ2n) is 4.29. The van der Waals surface area contributed by atoms with Crippen molar-refractivity contribution in [3.05, 3.63) is 42.1 Å². The fourth-order valence-electron chi connectivity index (χ4n) is 1.51. The summed E-state index contributed by atoms with van der Waals surface area (Å²) in [6.07, 6.45) is 1.01. The van der Waals surface area contributed by atoms with Crippen molar-refractivity contribution in [2.45, 2.75) is 13.8 Å². The molecule has 0 aliphatic carbocycles. The highest BCUT2D eigenvalue weighted by atomic mass is 16.6. The zero-order chi connectivity index (χ0) is 17.8. The lowest BCUT2D eigenvalue weighted by atomic mass is 10.3. The molecule has 2 N–H and O–H groups in total. The molecule has 0 atom stereocenters. The number of carbonyl (C=O) groups excluding carboxylic acids is 3. The third-order valence-corrected chi connectivity index (χ3v) is 2.53. The third kappa shape index (κ3) is 6.82. The van der Waals surface area contributed by atoms with E-state index in [2.05, 4.69) is 10.9 Å². The Hall–Kier alpha value is -3.03. The molecule has 0 fully saturated rings. The lowest BCUT2D eigenvalue weighted by molar-refractivity contribution is -0.146. The van der Waals surface area contributed by atoms with Gasteiger partial charge in [-0.1, -0.05) is 18.2 Å². The summed E-state index contributed by atoms with van der Waals surface area (Å²) in [5.41, 5.74) is 4.27. The first-order chi connectivity index (χ1) is 11.6. The average Bonchev–Trinajstić information content (AvgIpc) is 2.58. The topological polar surface area (TPSA) is 103 Å². The van der Waals surface area contributed by atoms with Gasteiger partial charge in [0, 0.05) is 6.20 Å². The summed E-state index contributed by atoms with van der Waals surface area (Å²) in [4.78, 5) is 35.0. The molecule has 8 nitrogen and oxygen atoms in total. The van der Waals surface area contributed by atoms with Crippen LogP contribution in [0.5, 0.6) is 5.75 Å². The predicted molar refractivity (Wildman–Crippen MR) is 84.6 cm³/mol. The van der Waals surface area contributed by atoms with Gasteiger partial charge in [-0.05, 0) is 26.0 Å². The van der Waals surface area contributed by atoms with Crippen LogP contribution in [0.2, 0.25) is 0 Å². The highest BCUT2D eigenvalue weighted by molar-refractivity contribution is 6.13. The van der Waals surface area contributed by atoms with Gasteiger partial charge in [0.2, 0.25) is 0 Å². The van der Waals surface area contributed by atoms with Crippen LogP contribution in [0.25, 0.3) is 0 Å². The number of carbonyl (C=O) groups is 3. The van der Waals surface area contributed by atoms with E-state index in [4.69, 9.17) is 14.2 Å². The number of para-hydroxylation sites is 1. The van der Waals surface area contributed by atoms with Crippen molar-refractivity contribution in [1.29, 1.82) is 0 Å². The van der Waals surface area contributed by atoms with Crippen LogP contribution in [0, 0.1) is 0 Å². The van der Waals surface area contributed by atoms with Gasteiger partial charge in [-0.25, -0.2) is 9.59 Å². The van der Waals surface area contributed by atoms with Gasteiger partial charge >= 0.3 is 11.9 Å². The molecule has 0 unspecified atom stereocenters. The van der Waals surface area contributed by atoms with Gasteiger partial charge < -0.3 is 19.6 Å². The van der Waals surface area contributed by atoms with E-state index in [1.54, 1.807) is 38.1 Å². The molecule has 0 radical (unpaired) electrons. The number of amides is 1. The molecule has 0 aromatic heterocycles. The molecule has 0 heterocycles. The van der Waals surface area contributed by atoms with Crippen LogP contribution in [-0.4, -0.2) is 37.7 Å². The summed E-state index contributed by atoms with van der Waals surface area (Å²) in [5.74, 6) is -1.65. The van der Waals surface area contributed by atoms with Crippen LogP contribution >= 0.6 is 0 Å². The Bertz CT molecular complexity index is 565. The van der Waals surface area contributed by atoms with Crippen LogP contribution in [0.3, 0.4) is 0 Å². The number of hydrogen-bond acceptors (Lipinski definition) is 7. The second kappa shape index (κ2) is 10.7. The number of rotatable bonds is 9. The van der Waals surface area contributed by atoms with Gasteiger partial charge in [0.05, 0.1) is 13.2 Å². The maximum absolute atomic E-state index is 11.7. The Morgan fingerprint density at radius 3 is 2.12 bits per heavy atom. The van der Waals surface area contributed by atoms with Crippen molar-refractivity contribution in [3.63, 3.8) is 0 Å². The fraction of sp³-hybridized carbons (Fsp3) is 0.312. The molecule has 1 amide bonds. The summed E-state index contributed by atoms with van der Waals surface area (Å²) in [5, 5.41) is 0. The van der Waals surface area contributed by atoms with Gasteiger partial charge in [-0.15, -0.1) is 0 Å². The van der Waals surface area contributed by atoms with Gasteiger partial charge in [-0.3, -0.25) is 10.2 Å². The number of benzene rings is 1. The minimum absolute atomic E-state index is 0.104. The SMILES string of the molecule is CCOC(=O)C(=CNNC(=O)COc1ccccc1)C(=O)OCC. The highest BCUT2D eigenvalue weighted by Crippen LogP contribution is 2.07. The highest BCUT2D eigenvalue weighted by Gasteiger charge is 2.20. The number of nitrogens with one attached hydrogen (secondary N) is 2.